The van der Waals surface area contributed by atoms with Crippen LogP contribution >= 0.6 is 0 Å². The zero-order valence-electron chi connectivity index (χ0n) is 18.6. The molecular weight excluding hydrogens is 440 g/mol. The summed E-state index contributed by atoms with van der Waals surface area (Å²) in [7, 11) is -2.33. The molecule has 0 radical (unpaired) electrons. The number of rotatable bonds is 9. The van der Waals surface area contributed by atoms with Crippen LogP contribution < -0.4 is 10.1 Å². The quantitative estimate of drug-likeness (QED) is 0.362. The Hall–Kier alpha value is -3.22. The molecule has 0 saturated carbocycles. The van der Waals surface area contributed by atoms with Gasteiger partial charge in [0, 0.05) is 22.9 Å². The Morgan fingerprint density at radius 3 is 2.91 bits per heavy atom. The number of hydrogen-bond donors (Lipinski definition) is 2. The summed E-state index contributed by atoms with van der Waals surface area (Å²) in [6, 6.07) is 13.6. The molecule has 1 N–H and O–H groups in total. The number of nitrogens with zero attached hydrogens (tertiary/aromatic N) is 3. The summed E-state index contributed by atoms with van der Waals surface area (Å²) in [4.78, 5) is 4.60. The Kier molecular flexibility index (Phi) is 7.06. The molecule has 0 bridgehead atoms. The second-order valence-electron chi connectivity index (χ2n) is 8.24. The molecule has 1 aromatic heterocycles. The van der Waals surface area contributed by atoms with Gasteiger partial charge in [0.15, 0.2) is 0 Å². The summed E-state index contributed by atoms with van der Waals surface area (Å²) >= 11 is 0. The van der Waals surface area contributed by atoms with E-state index in [2.05, 4.69) is 27.6 Å². The Labute approximate surface area is 194 Å². The van der Waals surface area contributed by atoms with Crippen molar-refractivity contribution in [1.82, 2.24) is 15.5 Å². The molecule has 2 aromatic carbocycles. The van der Waals surface area contributed by atoms with E-state index in [-0.39, 0.29) is 17.9 Å². The number of benzene rings is 2. The van der Waals surface area contributed by atoms with E-state index in [1.165, 1.54) is 11.1 Å². The molecule has 4 rings (SSSR count). The van der Waals surface area contributed by atoms with Crippen LogP contribution in [0.3, 0.4) is 0 Å². The zero-order chi connectivity index (χ0) is 23.4. The van der Waals surface area contributed by atoms with Crippen LogP contribution in [0.1, 0.15) is 49.4 Å². The highest BCUT2D eigenvalue weighted by molar-refractivity contribution is 7.72. The summed E-state index contributed by atoms with van der Waals surface area (Å²) in [6.45, 7) is 4.47. The monoisotopic (exact) mass is 466 g/mol. The van der Waals surface area contributed by atoms with Crippen LogP contribution in [0.5, 0.6) is 5.75 Å². The molecule has 0 aliphatic heterocycles. The Balaban J connectivity index is 1.55. The van der Waals surface area contributed by atoms with Gasteiger partial charge in [-0.2, -0.15) is 10.2 Å². The predicted molar refractivity (Wildman–Crippen MR) is 125 cm³/mol. The number of nitrogens with one attached hydrogen (secondary N) is 1. The summed E-state index contributed by atoms with van der Waals surface area (Å²) in [5.41, 5.74) is 4.36. The fraction of sp³-hybridized carbons (Fsp3) is 0.375. The van der Waals surface area contributed by atoms with Gasteiger partial charge in [-0.15, -0.1) is 0 Å². The highest BCUT2D eigenvalue weighted by Gasteiger charge is 2.26. The first-order chi connectivity index (χ1) is 16.0. The maximum atomic E-state index is 10.8. The van der Waals surface area contributed by atoms with Crippen molar-refractivity contribution in [3.63, 3.8) is 0 Å². The van der Waals surface area contributed by atoms with E-state index in [9.17, 15) is 13.7 Å². The second-order valence-corrected chi connectivity index (χ2v) is 9.35. The number of thiol groups is 1. The van der Waals surface area contributed by atoms with Crippen LogP contribution in [0.25, 0.3) is 22.8 Å². The molecule has 1 atom stereocenters. The first-order valence-electron chi connectivity index (χ1n) is 11.0. The molecule has 8 nitrogen and oxygen atoms in total. The van der Waals surface area contributed by atoms with Gasteiger partial charge in [-0.3, -0.25) is 0 Å². The molecule has 0 saturated heterocycles. The minimum Gasteiger partial charge on any atom is -0.490 e. The minimum atomic E-state index is -2.33. The van der Waals surface area contributed by atoms with Crippen LogP contribution in [0.2, 0.25) is 0 Å². The molecule has 3 aromatic rings. The van der Waals surface area contributed by atoms with Gasteiger partial charge in [0.2, 0.25) is 5.82 Å². The average molecular weight is 467 g/mol. The standard InChI is InChI=1S/C24H26N4O4S/c1-15(2)31-22-10-7-16(13-17(22)14-25)24-27-23(28-32-24)20-6-3-5-19-18(20)8-9-21(19)26-11-4-12-33(29)30/h3,5-7,10,13,15,21,26,33H,4,8-9,11-12H2,1-2H3/t21-/m1/s1. The lowest BCUT2D eigenvalue weighted by Gasteiger charge is -2.14. The average Bonchev–Trinajstić information content (AvgIpc) is 3.44. The van der Waals surface area contributed by atoms with E-state index in [1.807, 2.05) is 26.0 Å². The third-order valence-electron chi connectivity index (χ3n) is 5.56. The molecule has 0 spiro atoms. The van der Waals surface area contributed by atoms with Crippen molar-refractivity contribution in [3.8, 4) is 34.7 Å². The van der Waals surface area contributed by atoms with E-state index in [1.54, 1.807) is 18.2 Å². The molecule has 0 fully saturated rings. The topological polar surface area (TPSA) is 118 Å². The fourth-order valence-electron chi connectivity index (χ4n) is 4.12. The van der Waals surface area contributed by atoms with E-state index in [4.69, 9.17) is 9.26 Å². The van der Waals surface area contributed by atoms with Crippen molar-refractivity contribution in [2.24, 2.45) is 0 Å². The second kappa shape index (κ2) is 10.1. The van der Waals surface area contributed by atoms with Crippen molar-refractivity contribution in [1.29, 1.82) is 5.26 Å². The molecule has 9 heteroatoms. The van der Waals surface area contributed by atoms with Gasteiger partial charge in [0.1, 0.15) is 22.5 Å². The summed E-state index contributed by atoms with van der Waals surface area (Å²) in [5.74, 6) is 1.57. The lowest BCUT2D eigenvalue weighted by molar-refractivity contribution is 0.241. The van der Waals surface area contributed by atoms with Gasteiger partial charge >= 0.3 is 0 Å². The lowest BCUT2D eigenvalue weighted by atomic mass is 10.0. The maximum absolute atomic E-state index is 10.8. The zero-order valence-corrected chi connectivity index (χ0v) is 19.5. The van der Waals surface area contributed by atoms with Crippen molar-refractivity contribution in [2.45, 2.75) is 45.3 Å². The van der Waals surface area contributed by atoms with Crippen molar-refractivity contribution < 1.29 is 17.7 Å². The fourth-order valence-corrected chi connectivity index (χ4v) is 4.53. The Morgan fingerprint density at radius 2 is 2.15 bits per heavy atom. The van der Waals surface area contributed by atoms with E-state index < -0.39 is 10.7 Å². The molecule has 1 aliphatic rings. The SMILES string of the molecule is CC(C)Oc1ccc(-c2nc(-c3cccc4c3CC[C@H]4NCCC[SH](=O)=O)no2)cc1C#N. The van der Waals surface area contributed by atoms with Crippen LogP contribution in [-0.2, 0) is 17.1 Å². The van der Waals surface area contributed by atoms with E-state index in [0.29, 0.717) is 41.6 Å². The first-order valence-corrected chi connectivity index (χ1v) is 12.3. The molecule has 1 aliphatic carbocycles. The normalized spacial score (nSPS) is 15.1. The largest absolute Gasteiger partial charge is 0.490 e. The number of fused-ring (bicyclic) bond motifs is 1. The number of nitriles is 1. The summed E-state index contributed by atoms with van der Waals surface area (Å²) < 4.78 is 32.7. The van der Waals surface area contributed by atoms with Crippen LogP contribution in [-0.4, -0.2) is 37.0 Å². The summed E-state index contributed by atoms with van der Waals surface area (Å²) in [5, 5.41) is 17.1. The third kappa shape index (κ3) is 5.24. The molecular formula is C24H26N4O4S. The van der Waals surface area contributed by atoms with Crippen molar-refractivity contribution in [3.05, 3.63) is 53.1 Å². The maximum Gasteiger partial charge on any atom is 0.258 e. The van der Waals surface area contributed by atoms with Crippen LogP contribution in [0.15, 0.2) is 40.9 Å². The predicted octanol–water partition coefficient (Wildman–Crippen LogP) is 3.64. The van der Waals surface area contributed by atoms with Gasteiger partial charge in [0.05, 0.1) is 11.7 Å². The van der Waals surface area contributed by atoms with Gasteiger partial charge in [-0.25, -0.2) is 8.42 Å². The Morgan fingerprint density at radius 1 is 1.30 bits per heavy atom. The van der Waals surface area contributed by atoms with Gasteiger partial charge in [-0.1, -0.05) is 23.4 Å². The first kappa shape index (κ1) is 23.0. The minimum absolute atomic E-state index is 0.0346. The highest BCUT2D eigenvalue weighted by Crippen LogP contribution is 2.37. The molecule has 0 unspecified atom stereocenters. The molecule has 1 heterocycles. The summed E-state index contributed by atoms with van der Waals surface area (Å²) in [6.07, 6.45) is 2.38. The van der Waals surface area contributed by atoms with Crippen LogP contribution in [0.4, 0.5) is 0 Å². The number of aromatic nitrogens is 2. The van der Waals surface area contributed by atoms with Crippen molar-refractivity contribution in [2.75, 3.05) is 12.3 Å². The number of hydrogen-bond acceptors (Lipinski definition) is 8. The third-order valence-corrected chi connectivity index (χ3v) is 6.24. The molecule has 0 amide bonds. The van der Waals surface area contributed by atoms with Crippen molar-refractivity contribution >= 4 is 10.7 Å². The van der Waals surface area contributed by atoms with Gasteiger partial charge < -0.3 is 14.6 Å². The van der Waals surface area contributed by atoms with Crippen LogP contribution in [0, 0.1) is 11.3 Å². The number of ether oxygens (including phenoxy) is 1. The highest BCUT2D eigenvalue weighted by atomic mass is 32.2. The smallest absolute Gasteiger partial charge is 0.258 e. The van der Waals surface area contributed by atoms with E-state index >= 15 is 0 Å². The van der Waals surface area contributed by atoms with E-state index in [0.717, 1.165) is 18.4 Å². The Bertz CT molecular complexity index is 1250. The molecule has 172 valence electrons. The van der Waals surface area contributed by atoms with Gasteiger partial charge in [0.25, 0.3) is 5.89 Å². The van der Waals surface area contributed by atoms with Gasteiger partial charge in [-0.05, 0) is 69.0 Å². The lowest BCUT2D eigenvalue weighted by Crippen LogP contribution is -2.21. The molecule has 33 heavy (non-hydrogen) atoms.